The lowest BCUT2D eigenvalue weighted by atomic mass is 10.1. The van der Waals surface area contributed by atoms with E-state index < -0.39 is 5.97 Å². The molecular weight excluding hydrogens is 308 g/mol. The van der Waals surface area contributed by atoms with Crippen LogP contribution < -0.4 is 0 Å². The van der Waals surface area contributed by atoms with Crippen molar-refractivity contribution in [1.29, 1.82) is 0 Å². The Balaban J connectivity index is 2.05. The standard InChI is InChI=1S/C18H14N2O2S/c21-17(22)12-23-18-19-15(13-7-3-1-4-8-13)11-16(20-18)14-9-5-2-6-10-14/h1-11H,12H2,(H,21,22). The van der Waals surface area contributed by atoms with Crippen LogP contribution in [-0.2, 0) is 4.79 Å². The second-order valence-electron chi connectivity index (χ2n) is 4.84. The Morgan fingerprint density at radius 3 is 1.78 bits per heavy atom. The van der Waals surface area contributed by atoms with Gasteiger partial charge in [0.25, 0.3) is 0 Å². The van der Waals surface area contributed by atoms with E-state index in [0.717, 1.165) is 34.3 Å². The molecule has 4 nitrogen and oxygen atoms in total. The van der Waals surface area contributed by atoms with Gasteiger partial charge in [-0.15, -0.1) is 0 Å². The average molecular weight is 322 g/mol. The first kappa shape index (κ1) is 15.2. The van der Waals surface area contributed by atoms with Crippen molar-refractivity contribution in [2.75, 3.05) is 5.75 Å². The number of hydrogen-bond acceptors (Lipinski definition) is 4. The third-order valence-corrected chi connectivity index (χ3v) is 4.00. The molecule has 1 N–H and O–H groups in total. The number of benzene rings is 2. The van der Waals surface area contributed by atoms with E-state index in [1.807, 2.05) is 66.7 Å². The summed E-state index contributed by atoms with van der Waals surface area (Å²) in [6, 6.07) is 21.5. The molecule has 0 saturated heterocycles. The van der Waals surface area contributed by atoms with Crippen molar-refractivity contribution in [1.82, 2.24) is 9.97 Å². The maximum atomic E-state index is 10.8. The van der Waals surface area contributed by atoms with Gasteiger partial charge < -0.3 is 5.11 Å². The zero-order valence-corrected chi connectivity index (χ0v) is 13.0. The summed E-state index contributed by atoms with van der Waals surface area (Å²) in [7, 11) is 0. The van der Waals surface area contributed by atoms with Gasteiger partial charge in [-0.2, -0.15) is 0 Å². The van der Waals surface area contributed by atoms with Crippen LogP contribution in [0.25, 0.3) is 22.5 Å². The largest absolute Gasteiger partial charge is 0.481 e. The molecule has 5 heteroatoms. The fourth-order valence-electron chi connectivity index (χ4n) is 2.13. The second-order valence-corrected chi connectivity index (χ2v) is 5.78. The Labute approximate surface area is 138 Å². The molecule has 0 fully saturated rings. The molecule has 0 atom stereocenters. The molecule has 0 aliphatic heterocycles. The van der Waals surface area contributed by atoms with Gasteiger partial charge in [-0.1, -0.05) is 72.4 Å². The van der Waals surface area contributed by atoms with Crippen LogP contribution in [-0.4, -0.2) is 26.8 Å². The van der Waals surface area contributed by atoms with Gasteiger partial charge in [-0.3, -0.25) is 4.79 Å². The fraction of sp³-hybridized carbons (Fsp3) is 0.0556. The van der Waals surface area contributed by atoms with Gasteiger partial charge in [-0.05, 0) is 6.07 Å². The van der Waals surface area contributed by atoms with Crippen molar-refractivity contribution in [2.45, 2.75) is 5.16 Å². The molecule has 0 radical (unpaired) electrons. The molecular formula is C18H14N2O2S. The summed E-state index contributed by atoms with van der Waals surface area (Å²) in [4.78, 5) is 19.8. The molecule has 0 unspecified atom stereocenters. The zero-order valence-electron chi connectivity index (χ0n) is 12.2. The van der Waals surface area contributed by atoms with Gasteiger partial charge in [0, 0.05) is 11.1 Å². The minimum absolute atomic E-state index is 0.0630. The molecule has 23 heavy (non-hydrogen) atoms. The van der Waals surface area contributed by atoms with Crippen LogP contribution in [0.15, 0.2) is 71.9 Å². The van der Waals surface area contributed by atoms with E-state index in [-0.39, 0.29) is 5.75 Å². The van der Waals surface area contributed by atoms with Gasteiger partial charge >= 0.3 is 5.97 Å². The summed E-state index contributed by atoms with van der Waals surface area (Å²) in [6.07, 6.45) is 0. The molecule has 0 amide bonds. The number of hydrogen-bond donors (Lipinski definition) is 1. The molecule has 114 valence electrons. The van der Waals surface area contributed by atoms with Crippen LogP contribution in [0.5, 0.6) is 0 Å². The number of carbonyl (C=O) groups is 1. The molecule has 0 aliphatic carbocycles. The first-order valence-corrected chi connectivity index (χ1v) is 8.05. The van der Waals surface area contributed by atoms with Crippen LogP contribution in [0.1, 0.15) is 0 Å². The van der Waals surface area contributed by atoms with Crippen LogP contribution >= 0.6 is 11.8 Å². The molecule has 0 saturated carbocycles. The minimum atomic E-state index is -0.884. The number of aliphatic carboxylic acids is 1. The van der Waals surface area contributed by atoms with E-state index in [2.05, 4.69) is 9.97 Å². The lowest BCUT2D eigenvalue weighted by Gasteiger charge is -2.08. The molecule has 1 aromatic heterocycles. The van der Waals surface area contributed by atoms with Crippen LogP contribution in [0, 0.1) is 0 Å². The molecule has 1 heterocycles. The zero-order chi connectivity index (χ0) is 16.1. The molecule has 0 spiro atoms. The van der Waals surface area contributed by atoms with Gasteiger partial charge in [0.2, 0.25) is 0 Å². The van der Waals surface area contributed by atoms with Crippen LogP contribution in [0.4, 0.5) is 0 Å². The number of carboxylic acids is 1. The van der Waals surface area contributed by atoms with E-state index in [1.54, 1.807) is 0 Å². The van der Waals surface area contributed by atoms with Crippen molar-refractivity contribution >= 4 is 17.7 Å². The van der Waals surface area contributed by atoms with Crippen molar-refractivity contribution in [2.24, 2.45) is 0 Å². The summed E-state index contributed by atoms with van der Waals surface area (Å²) in [6.45, 7) is 0. The first-order valence-electron chi connectivity index (χ1n) is 7.07. The number of rotatable bonds is 5. The summed E-state index contributed by atoms with van der Waals surface area (Å²) >= 11 is 1.12. The molecule has 0 aliphatic rings. The van der Waals surface area contributed by atoms with Gasteiger partial charge in [0.1, 0.15) is 0 Å². The number of carboxylic acid groups (broad SMARTS) is 1. The fourth-order valence-corrected chi connectivity index (χ4v) is 2.71. The maximum absolute atomic E-state index is 10.8. The van der Waals surface area contributed by atoms with E-state index in [4.69, 9.17) is 5.11 Å². The van der Waals surface area contributed by atoms with E-state index in [0.29, 0.717) is 5.16 Å². The van der Waals surface area contributed by atoms with Gasteiger partial charge in [-0.25, -0.2) is 9.97 Å². The lowest BCUT2D eigenvalue weighted by molar-refractivity contribution is -0.133. The maximum Gasteiger partial charge on any atom is 0.313 e. The Bertz CT molecular complexity index is 750. The number of nitrogens with zero attached hydrogens (tertiary/aromatic N) is 2. The average Bonchev–Trinajstić information content (AvgIpc) is 2.61. The van der Waals surface area contributed by atoms with Crippen molar-refractivity contribution in [3.05, 3.63) is 66.7 Å². The molecule has 3 aromatic rings. The topological polar surface area (TPSA) is 63.1 Å². The predicted molar refractivity (Wildman–Crippen MR) is 91.3 cm³/mol. The van der Waals surface area contributed by atoms with E-state index >= 15 is 0 Å². The Hall–Kier alpha value is -2.66. The summed E-state index contributed by atoms with van der Waals surface area (Å²) in [5, 5.41) is 9.34. The third kappa shape index (κ3) is 3.96. The number of aromatic nitrogens is 2. The van der Waals surface area contributed by atoms with Crippen molar-refractivity contribution < 1.29 is 9.90 Å². The quantitative estimate of drug-likeness (QED) is 0.568. The van der Waals surface area contributed by atoms with Crippen molar-refractivity contribution in [3.8, 4) is 22.5 Å². The third-order valence-electron chi connectivity index (χ3n) is 3.17. The monoisotopic (exact) mass is 322 g/mol. The normalized spacial score (nSPS) is 10.4. The Morgan fingerprint density at radius 1 is 0.870 bits per heavy atom. The summed E-state index contributed by atoms with van der Waals surface area (Å²) in [5.41, 5.74) is 3.52. The SMILES string of the molecule is O=C(O)CSc1nc(-c2ccccc2)cc(-c2ccccc2)n1. The highest BCUT2D eigenvalue weighted by molar-refractivity contribution is 7.99. The first-order chi connectivity index (χ1) is 11.2. The van der Waals surface area contributed by atoms with Crippen molar-refractivity contribution in [3.63, 3.8) is 0 Å². The highest BCUT2D eigenvalue weighted by Gasteiger charge is 2.10. The Morgan fingerprint density at radius 2 is 1.35 bits per heavy atom. The van der Waals surface area contributed by atoms with E-state index in [9.17, 15) is 4.79 Å². The highest BCUT2D eigenvalue weighted by Crippen LogP contribution is 2.26. The Kier molecular flexibility index (Phi) is 4.68. The van der Waals surface area contributed by atoms with E-state index in [1.165, 1.54) is 0 Å². The summed E-state index contributed by atoms with van der Waals surface area (Å²) in [5.74, 6) is -0.947. The molecule has 3 rings (SSSR count). The van der Waals surface area contributed by atoms with Gasteiger partial charge in [0.15, 0.2) is 5.16 Å². The predicted octanol–water partition coefficient (Wildman–Crippen LogP) is 3.99. The molecule has 2 aromatic carbocycles. The minimum Gasteiger partial charge on any atom is -0.481 e. The highest BCUT2D eigenvalue weighted by atomic mass is 32.2. The summed E-state index contributed by atoms with van der Waals surface area (Å²) < 4.78 is 0. The number of thioether (sulfide) groups is 1. The second kappa shape index (κ2) is 7.07. The lowest BCUT2D eigenvalue weighted by Crippen LogP contribution is -2.00. The van der Waals surface area contributed by atoms with Gasteiger partial charge in [0.05, 0.1) is 17.1 Å². The smallest absolute Gasteiger partial charge is 0.313 e. The van der Waals surface area contributed by atoms with Crippen LogP contribution in [0.2, 0.25) is 0 Å². The molecule has 0 bridgehead atoms. The van der Waals surface area contributed by atoms with Crippen LogP contribution in [0.3, 0.4) is 0 Å².